The highest BCUT2D eigenvalue weighted by Crippen LogP contribution is 2.14. The highest BCUT2D eigenvalue weighted by atomic mass is 16.5. The number of nitrogens with zero attached hydrogens (tertiary/aromatic N) is 1. The molecule has 0 fully saturated rings. The van der Waals surface area contributed by atoms with Gasteiger partial charge in [0.25, 0.3) is 5.91 Å². The number of rotatable bonds is 7. The Morgan fingerprint density at radius 3 is 2.94 bits per heavy atom. The van der Waals surface area contributed by atoms with E-state index in [0.29, 0.717) is 11.3 Å². The first-order valence-corrected chi connectivity index (χ1v) is 5.21. The predicted octanol–water partition coefficient (Wildman–Crippen LogP) is -0.0788. The van der Waals surface area contributed by atoms with E-state index in [1.807, 2.05) is 0 Å². The molecule has 0 aliphatic carbocycles. The van der Waals surface area contributed by atoms with Gasteiger partial charge in [-0.1, -0.05) is 0 Å². The van der Waals surface area contributed by atoms with Crippen molar-refractivity contribution < 1.29 is 24.2 Å². The fourth-order valence-electron chi connectivity index (χ4n) is 1.22. The van der Waals surface area contributed by atoms with E-state index in [2.05, 4.69) is 10.3 Å². The normalized spacial score (nSPS) is 9.83. The van der Waals surface area contributed by atoms with Crippen molar-refractivity contribution in [2.24, 2.45) is 0 Å². The van der Waals surface area contributed by atoms with Crippen molar-refractivity contribution in [3.63, 3.8) is 0 Å². The Hall–Kier alpha value is -2.15. The van der Waals surface area contributed by atoms with Gasteiger partial charge in [0, 0.05) is 12.7 Å². The van der Waals surface area contributed by atoms with Crippen LogP contribution in [-0.2, 0) is 9.53 Å². The van der Waals surface area contributed by atoms with Crippen LogP contribution in [0.1, 0.15) is 10.4 Å². The number of carbonyl (C=O) groups excluding carboxylic acids is 1. The second kappa shape index (κ2) is 7.23. The summed E-state index contributed by atoms with van der Waals surface area (Å²) in [5.41, 5.74) is 0.366. The molecule has 1 heterocycles. The van der Waals surface area contributed by atoms with Crippen LogP contribution < -0.4 is 10.1 Å². The summed E-state index contributed by atoms with van der Waals surface area (Å²) < 4.78 is 9.77. The molecule has 0 saturated heterocycles. The van der Waals surface area contributed by atoms with E-state index < -0.39 is 5.97 Å². The van der Waals surface area contributed by atoms with Crippen LogP contribution in [0.25, 0.3) is 0 Å². The lowest BCUT2D eigenvalue weighted by Gasteiger charge is -2.08. The van der Waals surface area contributed by atoms with Crippen LogP contribution in [0.2, 0.25) is 0 Å². The molecule has 1 rings (SSSR count). The number of ether oxygens (including phenoxy) is 2. The van der Waals surface area contributed by atoms with Crippen molar-refractivity contribution in [2.45, 2.75) is 0 Å². The molecule has 0 radical (unpaired) electrons. The highest BCUT2D eigenvalue weighted by molar-refractivity contribution is 5.96. The monoisotopic (exact) mass is 254 g/mol. The SMILES string of the molecule is COc1cnccc1C(=O)NCCOCC(=O)O. The van der Waals surface area contributed by atoms with Crippen LogP contribution in [0.15, 0.2) is 18.5 Å². The maximum absolute atomic E-state index is 11.7. The molecule has 1 aromatic rings. The van der Waals surface area contributed by atoms with E-state index in [-0.39, 0.29) is 25.7 Å². The molecule has 7 heteroatoms. The Kier molecular flexibility index (Phi) is 5.59. The largest absolute Gasteiger partial charge is 0.494 e. The molecule has 0 saturated carbocycles. The molecular weight excluding hydrogens is 240 g/mol. The van der Waals surface area contributed by atoms with Gasteiger partial charge in [-0.3, -0.25) is 9.78 Å². The fraction of sp³-hybridized carbons (Fsp3) is 0.364. The highest BCUT2D eigenvalue weighted by Gasteiger charge is 2.10. The minimum absolute atomic E-state index is 0.130. The van der Waals surface area contributed by atoms with Gasteiger partial charge >= 0.3 is 5.97 Å². The molecule has 1 aromatic heterocycles. The minimum atomic E-state index is -1.04. The summed E-state index contributed by atoms with van der Waals surface area (Å²) in [6.07, 6.45) is 2.92. The molecule has 0 unspecified atom stereocenters. The third kappa shape index (κ3) is 4.38. The number of hydrogen-bond donors (Lipinski definition) is 2. The molecule has 2 N–H and O–H groups in total. The van der Waals surface area contributed by atoms with Gasteiger partial charge < -0.3 is 19.9 Å². The lowest BCUT2D eigenvalue weighted by Crippen LogP contribution is -2.28. The summed E-state index contributed by atoms with van der Waals surface area (Å²) in [6.45, 7) is -0.0303. The first-order chi connectivity index (χ1) is 8.65. The number of aliphatic carboxylic acids is 1. The number of carboxylic acids is 1. The topological polar surface area (TPSA) is 97.8 Å². The number of pyridine rings is 1. The first kappa shape index (κ1) is 13.9. The van der Waals surface area contributed by atoms with Crippen molar-refractivity contribution in [3.8, 4) is 5.75 Å². The Balaban J connectivity index is 2.38. The van der Waals surface area contributed by atoms with Crippen LogP contribution >= 0.6 is 0 Å². The summed E-state index contributed by atoms with van der Waals surface area (Å²) >= 11 is 0. The molecule has 0 aliphatic heterocycles. The van der Waals surface area contributed by atoms with Gasteiger partial charge in [0.1, 0.15) is 12.4 Å². The summed E-state index contributed by atoms with van der Waals surface area (Å²) in [5, 5.41) is 10.9. The van der Waals surface area contributed by atoms with E-state index in [1.54, 1.807) is 0 Å². The standard InChI is InChI=1S/C11H14N2O5/c1-17-9-6-12-3-2-8(9)11(16)13-4-5-18-7-10(14)15/h2-3,6H,4-5,7H2,1H3,(H,13,16)(H,14,15). The Morgan fingerprint density at radius 1 is 1.50 bits per heavy atom. The summed E-state index contributed by atoms with van der Waals surface area (Å²) in [5.74, 6) is -0.994. The van der Waals surface area contributed by atoms with Crippen LogP contribution in [0.3, 0.4) is 0 Å². The van der Waals surface area contributed by atoms with Gasteiger partial charge in [-0.05, 0) is 6.07 Å². The van der Waals surface area contributed by atoms with E-state index in [9.17, 15) is 9.59 Å². The Labute approximate surface area is 104 Å². The first-order valence-electron chi connectivity index (χ1n) is 5.21. The smallest absolute Gasteiger partial charge is 0.329 e. The number of aromatic nitrogens is 1. The van der Waals surface area contributed by atoms with Gasteiger partial charge in [0.2, 0.25) is 0 Å². The number of amides is 1. The molecule has 0 bridgehead atoms. The van der Waals surface area contributed by atoms with E-state index >= 15 is 0 Å². The molecule has 0 aliphatic rings. The fourth-order valence-corrected chi connectivity index (χ4v) is 1.22. The van der Waals surface area contributed by atoms with Crippen LogP contribution in [0, 0.1) is 0 Å². The molecule has 1 amide bonds. The molecule has 7 nitrogen and oxygen atoms in total. The maximum Gasteiger partial charge on any atom is 0.329 e. The average Bonchev–Trinajstić information content (AvgIpc) is 2.37. The zero-order valence-corrected chi connectivity index (χ0v) is 9.88. The average molecular weight is 254 g/mol. The van der Waals surface area contributed by atoms with Gasteiger partial charge in [0.05, 0.1) is 25.5 Å². The van der Waals surface area contributed by atoms with Crippen LogP contribution in [0.4, 0.5) is 0 Å². The van der Waals surface area contributed by atoms with Crippen molar-refractivity contribution in [2.75, 3.05) is 26.9 Å². The Morgan fingerprint density at radius 2 is 2.28 bits per heavy atom. The number of hydrogen-bond acceptors (Lipinski definition) is 5. The second-order valence-corrected chi connectivity index (χ2v) is 3.28. The lowest BCUT2D eigenvalue weighted by molar-refractivity contribution is -0.142. The molecule has 0 spiro atoms. The summed E-state index contributed by atoms with van der Waals surface area (Å²) in [6, 6.07) is 1.53. The molecular formula is C11H14N2O5. The minimum Gasteiger partial charge on any atom is -0.494 e. The summed E-state index contributed by atoms with van der Waals surface area (Å²) in [7, 11) is 1.45. The summed E-state index contributed by atoms with van der Waals surface area (Å²) in [4.78, 5) is 25.7. The van der Waals surface area contributed by atoms with Gasteiger partial charge in [-0.25, -0.2) is 4.79 Å². The zero-order valence-electron chi connectivity index (χ0n) is 9.88. The van der Waals surface area contributed by atoms with E-state index in [4.69, 9.17) is 14.6 Å². The zero-order chi connectivity index (χ0) is 13.4. The number of carboxylic acid groups (broad SMARTS) is 1. The van der Waals surface area contributed by atoms with E-state index in [1.165, 1.54) is 25.6 Å². The lowest BCUT2D eigenvalue weighted by atomic mass is 10.2. The third-order valence-electron chi connectivity index (χ3n) is 2.01. The predicted molar refractivity (Wildman–Crippen MR) is 61.6 cm³/mol. The third-order valence-corrected chi connectivity index (χ3v) is 2.01. The second-order valence-electron chi connectivity index (χ2n) is 3.28. The molecule has 98 valence electrons. The molecule has 0 aromatic carbocycles. The van der Waals surface area contributed by atoms with Crippen LogP contribution in [-0.4, -0.2) is 48.8 Å². The van der Waals surface area contributed by atoms with E-state index in [0.717, 1.165) is 0 Å². The Bertz CT molecular complexity index is 422. The molecule has 18 heavy (non-hydrogen) atoms. The van der Waals surface area contributed by atoms with Gasteiger partial charge in [-0.2, -0.15) is 0 Å². The van der Waals surface area contributed by atoms with Crippen molar-refractivity contribution in [1.82, 2.24) is 10.3 Å². The van der Waals surface area contributed by atoms with Crippen molar-refractivity contribution >= 4 is 11.9 Å². The van der Waals surface area contributed by atoms with Gasteiger partial charge in [-0.15, -0.1) is 0 Å². The number of carbonyl (C=O) groups is 2. The van der Waals surface area contributed by atoms with Crippen molar-refractivity contribution in [1.29, 1.82) is 0 Å². The maximum atomic E-state index is 11.7. The van der Waals surface area contributed by atoms with Crippen molar-refractivity contribution in [3.05, 3.63) is 24.0 Å². The molecule has 0 atom stereocenters. The van der Waals surface area contributed by atoms with Crippen LogP contribution in [0.5, 0.6) is 5.75 Å². The quantitative estimate of drug-likeness (QED) is 0.660. The van der Waals surface area contributed by atoms with Gasteiger partial charge in [0.15, 0.2) is 0 Å². The number of nitrogens with one attached hydrogen (secondary N) is 1. The number of methoxy groups -OCH3 is 1.